The first kappa shape index (κ1) is 21.3. The lowest BCUT2D eigenvalue weighted by Crippen LogP contribution is -2.25. The summed E-state index contributed by atoms with van der Waals surface area (Å²) in [7, 11) is 0. The van der Waals surface area contributed by atoms with Crippen molar-refractivity contribution in [3.8, 4) is 0 Å². The Morgan fingerprint density at radius 3 is 2.69 bits per heavy atom. The molecule has 0 spiro atoms. The third-order valence-corrected chi connectivity index (χ3v) is 5.45. The maximum atomic E-state index is 14.8. The molecule has 7 heteroatoms. The number of aromatic nitrogens is 1. The molecule has 1 heterocycles. The number of nitrogens with one attached hydrogen (secondary N) is 2. The Bertz CT molecular complexity index is 920. The van der Waals surface area contributed by atoms with Gasteiger partial charge in [0.05, 0.1) is 17.7 Å². The van der Waals surface area contributed by atoms with Crippen molar-refractivity contribution < 1.29 is 14.0 Å². The van der Waals surface area contributed by atoms with Crippen LogP contribution in [0.3, 0.4) is 0 Å². The van der Waals surface area contributed by atoms with Crippen LogP contribution in [0, 0.1) is 5.82 Å². The van der Waals surface area contributed by atoms with Crippen LogP contribution in [0.25, 0.3) is 10.9 Å². The van der Waals surface area contributed by atoms with Gasteiger partial charge in [0.1, 0.15) is 5.82 Å². The fraction of sp³-hybridized carbons (Fsp3) is 0.545. The molecule has 1 saturated carbocycles. The van der Waals surface area contributed by atoms with Crippen molar-refractivity contribution in [1.82, 2.24) is 10.0 Å². The zero-order valence-electron chi connectivity index (χ0n) is 17.2. The van der Waals surface area contributed by atoms with Crippen LogP contribution in [-0.4, -0.2) is 16.6 Å². The van der Waals surface area contributed by atoms with Gasteiger partial charge in [0.2, 0.25) is 0 Å². The number of anilines is 1. The first-order valence-electron chi connectivity index (χ1n) is 10.6. The van der Waals surface area contributed by atoms with Crippen LogP contribution in [0.5, 0.6) is 0 Å². The predicted octanol–water partition coefficient (Wildman–Crippen LogP) is 4.25. The Labute approximate surface area is 170 Å². The van der Waals surface area contributed by atoms with Crippen molar-refractivity contribution in [2.75, 3.05) is 5.32 Å². The van der Waals surface area contributed by atoms with Gasteiger partial charge < -0.3 is 14.7 Å². The molecule has 2 N–H and O–H groups in total. The molecule has 158 valence electrons. The van der Waals surface area contributed by atoms with E-state index in [9.17, 15) is 14.0 Å². The Morgan fingerprint density at radius 1 is 1.24 bits per heavy atom. The number of aryl methyl sites for hydroxylation is 1. The van der Waals surface area contributed by atoms with E-state index in [1.165, 1.54) is 12.5 Å². The van der Waals surface area contributed by atoms with E-state index in [0.29, 0.717) is 41.5 Å². The van der Waals surface area contributed by atoms with Crippen LogP contribution >= 0.6 is 0 Å². The smallest absolute Gasteiger partial charge is 0.324 e. The summed E-state index contributed by atoms with van der Waals surface area (Å²) < 4.78 is 16.7. The predicted molar refractivity (Wildman–Crippen MR) is 112 cm³/mol. The van der Waals surface area contributed by atoms with Crippen LogP contribution in [0.15, 0.2) is 23.1 Å². The largest absolute Gasteiger partial charge is 0.380 e. The molecule has 1 aromatic heterocycles. The molecule has 29 heavy (non-hydrogen) atoms. The van der Waals surface area contributed by atoms with Crippen molar-refractivity contribution >= 4 is 22.6 Å². The van der Waals surface area contributed by atoms with Gasteiger partial charge in [-0.15, -0.1) is 5.48 Å². The highest BCUT2D eigenvalue weighted by atomic mass is 19.1. The summed E-state index contributed by atoms with van der Waals surface area (Å²) in [5.74, 6) is -0.782. The van der Waals surface area contributed by atoms with E-state index in [0.717, 1.165) is 25.7 Å². The average Bonchev–Trinajstić information content (AvgIpc) is 2.72. The third-order valence-electron chi connectivity index (χ3n) is 5.45. The Hall–Kier alpha value is -2.41. The zero-order chi connectivity index (χ0) is 20.8. The molecule has 1 fully saturated rings. The first-order chi connectivity index (χ1) is 14.0. The van der Waals surface area contributed by atoms with Crippen LogP contribution in [0.1, 0.15) is 64.4 Å². The number of rotatable bonds is 8. The molecule has 0 radical (unpaired) electrons. The van der Waals surface area contributed by atoms with Crippen LogP contribution < -0.4 is 16.2 Å². The van der Waals surface area contributed by atoms with Gasteiger partial charge in [-0.05, 0) is 38.3 Å². The molecular formula is C22H30FN3O3. The molecule has 1 aliphatic carbocycles. The van der Waals surface area contributed by atoms with E-state index >= 15 is 0 Å². The summed E-state index contributed by atoms with van der Waals surface area (Å²) in [6.07, 6.45) is 8.38. The SMILES string of the molecule is CCCC(=O)ONCc1cn(CC)c2cc(NC3CCCCC3)c(F)cc2c1=O. The number of fused-ring (bicyclic) bond motifs is 1. The van der Waals surface area contributed by atoms with E-state index < -0.39 is 5.82 Å². The van der Waals surface area contributed by atoms with Gasteiger partial charge in [-0.25, -0.2) is 4.39 Å². The molecule has 0 amide bonds. The van der Waals surface area contributed by atoms with Crippen molar-refractivity contribution in [1.29, 1.82) is 0 Å². The van der Waals surface area contributed by atoms with Crippen LogP contribution in [0.4, 0.5) is 10.1 Å². The van der Waals surface area contributed by atoms with Gasteiger partial charge in [-0.2, -0.15) is 0 Å². The molecule has 3 rings (SSSR count). The topological polar surface area (TPSA) is 72.4 Å². The fourth-order valence-corrected chi connectivity index (χ4v) is 3.89. The van der Waals surface area contributed by atoms with Gasteiger partial charge in [0.25, 0.3) is 0 Å². The monoisotopic (exact) mass is 403 g/mol. The van der Waals surface area contributed by atoms with Gasteiger partial charge in [-0.1, -0.05) is 26.2 Å². The summed E-state index contributed by atoms with van der Waals surface area (Å²) in [6, 6.07) is 3.34. The molecule has 0 saturated heterocycles. The number of hydrogen-bond acceptors (Lipinski definition) is 5. The maximum absolute atomic E-state index is 14.8. The van der Waals surface area contributed by atoms with Crippen molar-refractivity contribution in [3.63, 3.8) is 0 Å². The summed E-state index contributed by atoms with van der Waals surface area (Å²) in [5, 5.41) is 3.66. The number of halogens is 1. The third kappa shape index (κ3) is 5.15. The molecular weight excluding hydrogens is 373 g/mol. The Morgan fingerprint density at radius 2 is 2.00 bits per heavy atom. The maximum Gasteiger partial charge on any atom is 0.324 e. The molecule has 1 aliphatic rings. The highest BCUT2D eigenvalue weighted by Crippen LogP contribution is 2.26. The number of nitrogens with zero attached hydrogens (tertiary/aromatic N) is 1. The normalized spacial score (nSPS) is 14.9. The van der Waals surface area contributed by atoms with Gasteiger partial charge >= 0.3 is 5.97 Å². The van der Waals surface area contributed by atoms with Gasteiger partial charge in [-0.3, -0.25) is 9.59 Å². The average molecular weight is 403 g/mol. The second kappa shape index (κ2) is 9.87. The van der Waals surface area contributed by atoms with Crippen molar-refractivity contribution in [2.45, 2.75) is 77.9 Å². The number of carbonyl (C=O) groups is 1. The summed E-state index contributed by atoms with van der Waals surface area (Å²) in [4.78, 5) is 29.3. The molecule has 1 aromatic carbocycles. The Kier molecular flexibility index (Phi) is 7.25. The summed E-state index contributed by atoms with van der Waals surface area (Å²) in [6.45, 7) is 4.57. The fourth-order valence-electron chi connectivity index (χ4n) is 3.89. The molecule has 0 bridgehead atoms. The highest BCUT2D eigenvalue weighted by Gasteiger charge is 2.17. The van der Waals surface area contributed by atoms with Crippen molar-refractivity contribution in [3.05, 3.63) is 39.9 Å². The lowest BCUT2D eigenvalue weighted by atomic mass is 9.95. The van der Waals surface area contributed by atoms with E-state index in [4.69, 9.17) is 4.84 Å². The number of carbonyl (C=O) groups excluding carboxylic acids is 1. The highest BCUT2D eigenvalue weighted by molar-refractivity contribution is 5.83. The van der Waals surface area contributed by atoms with Crippen molar-refractivity contribution in [2.24, 2.45) is 0 Å². The van der Waals surface area contributed by atoms with Crippen LogP contribution in [-0.2, 0) is 22.7 Å². The molecule has 0 unspecified atom stereocenters. The molecule has 6 nitrogen and oxygen atoms in total. The second-order valence-corrected chi connectivity index (χ2v) is 7.64. The lowest BCUT2D eigenvalue weighted by molar-refractivity contribution is -0.151. The molecule has 0 atom stereocenters. The summed E-state index contributed by atoms with van der Waals surface area (Å²) >= 11 is 0. The number of hydroxylamine groups is 1. The summed E-state index contributed by atoms with van der Waals surface area (Å²) in [5.41, 5.74) is 3.87. The van der Waals surface area contributed by atoms with E-state index in [1.54, 1.807) is 12.3 Å². The zero-order valence-corrected chi connectivity index (χ0v) is 17.2. The van der Waals surface area contributed by atoms with Crippen LogP contribution in [0.2, 0.25) is 0 Å². The first-order valence-corrected chi connectivity index (χ1v) is 10.6. The van der Waals surface area contributed by atoms with E-state index in [-0.39, 0.29) is 24.0 Å². The second-order valence-electron chi connectivity index (χ2n) is 7.64. The van der Waals surface area contributed by atoms with Gasteiger partial charge in [0, 0.05) is 36.2 Å². The standard InChI is InChI=1S/C22H30FN3O3/c1-3-8-21(27)29-24-13-15-14-26(4-2)20-12-19(18(23)11-17(20)22(15)28)25-16-9-6-5-7-10-16/h11-12,14,16,24-25H,3-10,13H2,1-2H3. The van der Waals surface area contributed by atoms with Gasteiger partial charge in [0.15, 0.2) is 5.43 Å². The molecule has 0 aliphatic heterocycles. The number of hydrogen-bond donors (Lipinski definition) is 2. The number of pyridine rings is 1. The minimum atomic E-state index is -0.415. The van der Waals surface area contributed by atoms with E-state index in [1.807, 2.05) is 18.4 Å². The lowest BCUT2D eigenvalue weighted by Gasteiger charge is -2.24. The minimum Gasteiger partial charge on any atom is -0.380 e. The minimum absolute atomic E-state index is 0.0773. The Balaban J connectivity index is 1.86. The van der Waals surface area contributed by atoms with E-state index in [2.05, 4.69) is 10.8 Å². The molecule has 2 aromatic rings. The number of benzene rings is 1. The quantitative estimate of drug-likeness (QED) is 0.645.